The van der Waals surface area contributed by atoms with Gasteiger partial charge in [-0.25, -0.2) is 0 Å². The molecule has 7 nitrogen and oxygen atoms in total. The molecule has 0 saturated carbocycles. The monoisotopic (exact) mass is 416 g/mol. The molecule has 0 unspecified atom stereocenters. The Balaban J connectivity index is 1.40. The number of hydrogen-bond acceptors (Lipinski definition) is 7. The minimum Gasteiger partial charge on any atom is -0.458 e. The standard InChI is InChI=1S/C24H28N6O/c25-14-21-22(26)28-24(31-17-20-6-2-1-3-7-20)29-23(21)27-15-18-8-10-19(11-9-18)16-30-12-4-5-13-30/h1-3,6-11,14,25H,4-5,12-13,15-17H2,(H3,26,27,28,29). The molecule has 0 amide bonds. The number of nitrogens with two attached hydrogens (primary N) is 1. The number of nitrogens with zero attached hydrogens (tertiary/aromatic N) is 3. The number of nitrogens with one attached hydrogen (secondary N) is 2. The van der Waals surface area contributed by atoms with Gasteiger partial charge in [-0.3, -0.25) is 4.90 Å². The Morgan fingerprint density at radius 2 is 1.68 bits per heavy atom. The highest BCUT2D eigenvalue weighted by molar-refractivity contribution is 5.90. The van der Waals surface area contributed by atoms with Crippen molar-refractivity contribution in [2.24, 2.45) is 0 Å². The second kappa shape index (κ2) is 10.0. The molecule has 1 aliphatic heterocycles. The highest BCUT2D eigenvalue weighted by Crippen LogP contribution is 2.21. The Bertz CT molecular complexity index is 1000. The Morgan fingerprint density at radius 1 is 0.968 bits per heavy atom. The lowest BCUT2D eigenvalue weighted by atomic mass is 10.1. The first-order valence-electron chi connectivity index (χ1n) is 10.6. The lowest BCUT2D eigenvalue weighted by molar-refractivity contribution is 0.281. The van der Waals surface area contributed by atoms with Crippen LogP contribution in [-0.4, -0.2) is 34.2 Å². The molecule has 2 aromatic carbocycles. The summed E-state index contributed by atoms with van der Waals surface area (Å²) in [5.41, 5.74) is 9.97. The van der Waals surface area contributed by atoms with E-state index >= 15 is 0 Å². The van der Waals surface area contributed by atoms with Crippen molar-refractivity contribution in [3.63, 3.8) is 0 Å². The van der Waals surface area contributed by atoms with Crippen LogP contribution < -0.4 is 15.8 Å². The number of benzene rings is 2. The van der Waals surface area contributed by atoms with E-state index in [1.54, 1.807) is 0 Å². The largest absolute Gasteiger partial charge is 0.458 e. The van der Waals surface area contributed by atoms with E-state index in [9.17, 15) is 0 Å². The third-order valence-corrected chi connectivity index (χ3v) is 5.40. The number of hydrogen-bond donors (Lipinski definition) is 3. The maximum Gasteiger partial charge on any atom is 0.320 e. The molecule has 0 spiro atoms. The zero-order valence-electron chi connectivity index (χ0n) is 17.6. The average molecular weight is 417 g/mol. The first-order valence-corrected chi connectivity index (χ1v) is 10.6. The molecule has 1 saturated heterocycles. The van der Waals surface area contributed by atoms with Gasteiger partial charge in [0.15, 0.2) is 0 Å². The second-order valence-corrected chi connectivity index (χ2v) is 7.73. The fourth-order valence-electron chi connectivity index (χ4n) is 3.68. The zero-order valence-corrected chi connectivity index (χ0v) is 17.6. The van der Waals surface area contributed by atoms with E-state index < -0.39 is 0 Å². The van der Waals surface area contributed by atoms with Crippen LogP contribution in [0.2, 0.25) is 0 Å². The van der Waals surface area contributed by atoms with Crippen LogP contribution in [0, 0.1) is 5.41 Å². The lowest BCUT2D eigenvalue weighted by Crippen LogP contribution is -2.18. The maximum absolute atomic E-state index is 7.68. The summed E-state index contributed by atoms with van der Waals surface area (Å²) in [6, 6.07) is 18.6. The number of nitrogen functional groups attached to an aromatic ring is 1. The molecule has 0 radical (unpaired) electrons. The van der Waals surface area contributed by atoms with Crippen LogP contribution in [0.5, 0.6) is 6.01 Å². The molecule has 3 aromatic rings. The summed E-state index contributed by atoms with van der Waals surface area (Å²) in [5, 5.41) is 11.0. The van der Waals surface area contributed by atoms with Gasteiger partial charge in [0.1, 0.15) is 18.2 Å². The summed E-state index contributed by atoms with van der Waals surface area (Å²) < 4.78 is 5.72. The Morgan fingerprint density at radius 3 is 2.39 bits per heavy atom. The fourth-order valence-corrected chi connectivity index (χ4v) is 3.68. The molecule has 1 fully saturated rings. The molecular formula is C24H28N6O. The molecule has 1 aliphatic rings. The Hall–Kier alpha value is -3.45. The number of rotatable bonds is 9. The van der Waals surface area contributed by atoms with Gasteiger partial charge >= 0.3 is 6.01 Å². The highest BCUT2D eigenvalue weighted by atomic mass is 16.5. The van der Waals surface area contributed by atoms with E-state index in [0.29, 0.717) is 24.5 Å². The van der Waals surface area contributed by atoms with Gasteiger partial charge in [0, 0.05) is 19.3 Å². The quantitative estimate of drug-likeness (QED) is 0.458. The van der Waals surface area contributed by atoms with E-state index in [2.05, 4.69) is 44.5 Å². The van der Waals surface area contributed by atoms with Crippen molar-refractivity contribution in [2.45, 2.75) is 32.5 Å². The molecule has 2 heterocycles. The van der Waals surface area contributed by atoms with Crippen LogP contribution in [0.25, 0.3) is 0 Å². The van der Waals surface area contributed by atoms with Gasteiger partial charge in [0.05, 0.1) is 5.56 Å². The molecule has 0 bridgehead atoms. The van der Waals surface area contributed by atoms with Crippen molar-refractivity contribution in [1.29, 1.82) is 5.41 Å². The SMILES string of the molecule is N=Cc1c(N)nc(OCc2ccccc2)nc1NCc1ccc(CN2CCCC2)cc1. The molecule has 31 heavy (non-hydrogen) atoms. The van der Waals surface area contributed by atoms with Gasteiger partial charge in [0.25, 0.3) is 0 Å². The summed E-state index contributed by atoms with van der Waals surface area (Å²) in [4.78, 5) is 11.1. The van der Waals surface area contributed by atoms with Gasteiger partial charge < -0.3 is 21.2 Å². The molecule has 7 heteroatoms. The molecule has 0 atom stereocenters. The molecule has 4 N–H and O–H groups in total. The summed E-state index contributed by atoms with van der Waals surface area (Å²) in [5.74, 6) is 0.711. The minimum absolute atomic E-state index is 0.190. The first-order chi connectivity index (χ1) is 15.2. The van der Waals surface area contributed by atoms with Crippen molar-refractivity contribution in [3.8, 4) is 6.01 Å². The number of ether oxygens (including phenoxy) is 1. The van der Waals surface area contributed by atoms with Crippen molar-refractivity contribution in [3.05, 3.63) is 76.9 Å². The summed E-state index contributed by atoms with van der Waals surface area (Å²) in [6.45, 7) is 4.32. The molecule has 0 aliphatic carbocycles. The smallest absolute Gasteiger partial charge is 0.320 e. The zero-order chi connectivity index (χ0) is 21.5. The number of aromatic nitrogens is 2. The van der Waals surface area contributed by atoms with Gasteiger partial charge in [-0.2, -0.15) is 9.97 Å². The van der Waals surface area contributed by atoms with E-state index in [1.165, 1.54) is 31.5 Å². The van der Waals surface area contributed by atoms with E-state index in [-0.39, 0.29) is 11.8 Å². The van der Waals surface area contributed by atoms with E-state index in [4.69, 9.17) is 15.9 Å². The van der Waals surface area contributed by atoms with Crippen molar-refractivity contribution < 1.29 is 4.74 Å². The summed E-state index contributed by atoms with van der Waals surface area (Å²) in [6.07, 6.45) is 3.77. The predicted molar refractivity (Wildman–Crippen MR) is 123 cm³/mol. The average Bonchev–Trinajstić information content (AvgIpc) is 3.31. The van der Waals surface area contributed by atoms with Gasteiger partial charge in [-0.15, -0.1) is 0 Å². The van der Waals surface area contributed by atoms with Crippen LogP contribution >= 0.6 is 0 Å². The Labute approximate surface area is 182 Å². The summed E-state index contributed by atoms with van der Waals surface area (Å²) >= 11 is 0. The fraction of sp³-hybridized carbons (Fsp3) is 0.292. The Kier molecular flexibility index (Phi) is 6.74. The van der Waals surface area contributed by atoms with Crippen LogP contribution in [-0.2, 0) is 19.7 Å². The lowest BCUT2D eigenvalue weighted by Gasteiger charge is -2.15. The molecule has 4 rings (SSSR count). The molecular weight excluding hydrogens is 388 g/mol. The minimum atomic E-state index is 0.190. The topological polar surface area (TPSA) is 100 Å². The summed E-state index contributed by atoms with van der Waals surface area (Å²) in [7, 11) is 0. The normalized spacial score (nSPS) is 13.8. The van der Waals surface area contributed by atoms with E-state index in [0.717, 1.165) is 23.9 Å². The van der Waals surface area contributed by atoms with Gasteiger partial charge in [0.2, 0.25) is 0 Å². The first kappa shape index (κ1) is 20.8. The van der Waals surface area contributed by atoms with E-state index in [1.807, 2.05) is 30.3 Å². The maximum atomic E-state index is 7.68. The van der Waals surface area contributed by atoms with Crippen LogP contribution in [0.3, 0.4) is 0 Å². The van der Waals surface area contributed by atoms with Crippen molar-refractivity contribution in [2.75, 3.05) is 24.1 Å². The predicted octanol–water partition coefficient (Wildman–Crippen LogP) is 3.84. The molecule has 160 valence electrons. The van der Waals surface area contributed by atoms with Crippen molar-refractivity contribution >= 4 is 17.9 Å². The van der Waals surface area contributed by atoms with Crippen LogP contribution in [0.1, 0.15) is 35.1 Å². The van der Waals surface area contributed by atoms with Crippen LogP contribution in [0.4, 0.5) is 11.6 Å². The van der Waals surface area contributed by atoms with Gasteiger partial charge in [-0.05, 0) is 42.6 Å². The number of anilines is 2. The van der Waals surface area contributed by atoms with Crippen LogP contribution in [0.15, 0.2) is 54.6 Å². The second-order valence-electron chi connectivity index (χ2n) is 7.73. The highest BCUT2D eigenvalue weighted by Gasteiger charge is 2.13. The third kappa shape index (κ3) is 5.58. The molecule has 1 aromatic heterocycles. The third-order valence-electron chi connectivity index (χ3n) is 5.40. The number of likely N-dealkylation sites (tertiary alicyclic amines) is 1. The van der Waals surface area contributed by atoms with Crippen molar-refractivity contribution in [1.82, 2.24) is 14.9 Å². The van der Waals surface area contributed by atoms with Gasteiger partial charge in [-0.1, -0.05) is 54.6 Å².